The van der Waals surface area contributed by atoms with E-state index in [0.29, 0.717) is 5.92 Å². The van der Waals surface area contributed by atoms with Gasteiger partial charge in [-0.3, -0.25) is 4.99 Å². The summed E-state index contributed by atoms with van der Waals surface area (Å²) in [5.74, 6) is 1.67. The standard InChI is InChI=1S/C19H30N4/c1-4-5-9-13-22(3)19(20-2)21-15-17-12-14-23(16-17)18-10-7-6-8-11-18/h4,6-8,10-11,17H,1,5,9,12-16H2,2-3H3,(H,20,21). The molecule has 0 amide bonds. The van der Waals surface area contributed by atoms with Gasteiger partial charge in [0.2, 0.25) is 0 Å². The molecule has 1 fully saturated rings. The molecule has 1 N–H and O–H groups in total. The van der Waals surface area contributed by atoms with Gasteiger partial charge in [-0.25, -0.2) is 0 Å². The van der Waals surface area contributed by atoms with Crippen LogP contribution in [-0.2, 0) is 0 Å². The molecule has 0 bridgehead atoms. The van der Waals surface area contributed by atoms with E-state index in [-0.39, 0.29) is 0 Å². The summed E-state index contributed by atoms with van der Waals surface area (Å²) in [6, 6.07) is 10.7. The number of benzene rings is 1. The minimum Gasteiger partial charge on any atom is -0.371 e. The third kappa shape index (κ3) is 5.31. The molecular formula is C19H30N4. The van der Waals surface area contributed by atoms with Gasteiger partial charge in [-0.05, 0) is 37.3 Å². The Kier molecular flexibility index (Phi) is 6.98. The Labute approximate surface area is 140 Å². The van der Waals surface area contributed by atoms with E-state index in [1.807, 2.05) is 13.1 Å². The zero-order valence-corrected chi connectivity index (χ0v) is 14.5. The summed E-state index contributed by atoms with van der Waals surface area (Å²) >= 11 is 0. The Morgan fingerprint density at radius 1 is 1.43 bits per heavy atom. The predicted octanol–water partition coefficient (Wildman–Crippen LogP) is 2.99. The van der Waals surface area contributed by atoms with E-state index in [1.54, 1.807) is 0 Å². The van der Waals surface area contributed by atoms with Crippen molar-refractivity contribution in [1.29, 1.82) is 0 Å². The van der Waals surface area contributed by atoms with Crippen LogP contribution < -0.4 is 10.2 Å². The monoisotopic (exact) mass is 314 g/mol. The Morgan fingerprint density at radius 3 is 2.91 bits per heavy atom. The van der Waals surface area contributed by atoms with Crippen molar-refractivity contribution in [3.8, 4) is 0 Å². The molecule has 0 saturated carbocycles. The maximum atomic E-state index is 4.40. The lowest BCUT2D eigenvalue weighted by molar-refractivity contribution is 0.458. The number of nitrogens with zero attached hydrogens (tertiary/aromatic N) is 3. The predicted molar refractivity (Wildman–Crippen MR) is 100 cm³/mol. The number of hydrogen-bond donors (Lipinski definition) is 1. The number of para-hydroxylation sites is 1. The highest BCUT2D eigenvalue weighted by molar-refractivity contribution is 5.79. The van der Waals surface area contributed by atoms with Crippen LogP contribution in [0, 0.1) is 5.92 Å². The highest BCUT2D eigenvalue weighted by Gasteiger charge is 2.22. The zero-order valence-electron chi connectivity index (χ0n) is 14.5. The average Bonchev–Trinajstić information content (AvgIpc) is 3.05. The largest absolute Gasteiger partial charge is 0.371 e. The second-order valence-corrected chi connectivity index (χ2v) is 6.22. The van der Waals surface area contributed by atoms with Gasteiger partial charge in [0, 0.05) is 46.0 Å². The molecule has 23 heavy (non-hydrogen) atoms. The topological polar surface area (TPSA) is 30.9 Å². The van der Waals surface area contributed by atoms with Crippen molar-refractivity contribution in [1.82, 2.24) is 10.2 Å². The molecule has 1 atom stereocenters. The van der Waals surface area contributed by atoms with Crippen molar-refractivity contribution in [3.63, 3.8) is 0 Å². The van der Waals surface area contributed by atoms with Crippen molar-refractivity contribution in [2.75, 3.05) is 45.2 Å². The maximum absolute atomic E-state index is 4.40. The zero-order chi connectivity index (χ0) is 16.5. The molecule has 1 aliphatic heterocycles. The van der Waals surface area contributed by atoms with Gasteiger partial charge in [0.25, 0.3) is 0 Å². The summed E-state index contributed by atoms with van der Waals surface area (Å²) in [5, 5.41) is 3.53. The van der Waals surface area contributed by atoms with Gasteiger partial charge in [-0.2, -0.15) is 0 Å². The Hall–Kier alpha value is -1.97. The third-order valence-corrected chi connectivity index (χ3v) is 4.43. The minimum absolute atomic E-state index is 0.675. The quantitative estimate of drug-likeness (QED) is 0.363. The highest BCUT2D eigenvalue weighted by Crippen LogP contribution is 2.22. The maximum Gasteiger partial charge on any atom is 0.193 e. The SMILES string of the molecule is C=CCCCN(C)C(=NC)NCC1CCN(c2ccccc2)C1. The van der Waals surface area contributed by atoms with Crippen LogP contribution in [0.25, 0.3) is 0 Å². The summed E-state index contributed by atoms with van der Waals surface area (Å²) in [6.45, 7) is 8.03. The number of hydrogen-bond acceptors (Lipinski definition) is 2. The Balaban J connectivity index is 1.76. The number of nitrogens with one attached hydrogen (secondary N) is 1. The first-order valence-corrected chi connectivity index (χ1v) is 8.57. The molecule has 1 aromatic rings. The molecule has 126 valence electrons. The first-order chi connectivity index (χ1) is 11.2. The normalized spacial score (nSPS) is 18.1. The van der Waals surface area contributed by atoms with Crippen molar-refractivity contribution >= 4 is 11.6 Å². The lowest BCUT2D eigenvalue weighted by atomic mass is 10.1. The van der Waals surface area contributed by atoms with Gasteiger partial charge >= 0.3 is 0 Å². The molecule has 0 aromatic heterocycles. The van der Waals surface area contributed by atoms with E-state index in [9.17, 15) is 0 Å². The molecule has 1 aliphatic rings. The summed E-state index contributed by atoms with van der Waals surface area (Å²) < 4.78 is 0. The first kappa shape index (κ1) is 17.4. The molecule has 0 spiro atoms. The fourth-order valence-corrected chi connectivity index (χ4v) is 3.07. The van der Waals surface area contributed by atoms with Crippen LogP contribution in [0.4, 0.5) is 5.69 Å². The fourth-order valence-electron chi connectivity index (χ4n) is 3.07. The van der Waals surface area contributed by atoms with E-state index in [1.165, 1.54) is 12.1 Å². The molecule has 0 aliphatic carbocycles. The van der Waals surface area contributed by atoms with Crippen molar-refractivity contribution < 1.29 is 0 Å². The molecule has 1 aromatic carbocycles. The Bertz CT molecular complexity index is 497. The fraction of sp³-hybridized carbons (Fsp3) is 0.526. The number of aliphatic imine (C=N–C) groups is 1. The molecule has 1 unspecified atom stereocenters. The second-order valence-electron chi connectivity index (χ2n) is 6.22. The number of anilines is 1. The molecule has 4 heteroatoms. The van der Waals surface area contributed by atoms with Crippen LogP contribution in [0.2, 0.25) is 0 Å². The molecule has 0 radical (unpaired) electrons. The first-order valence-electron chi connectivity index (χ1n) is 8.57. The Morgan fingerprint density at radius 2 is 2.22 bits per heavy atom. The molecule has 4 nitrogen and oxygen atoms in total. The van der Waals surface area contributed by atoms with Gasteiger partial charge in [0.05, 0.1) is 0 Å². The van der Waals surface area contributed by atoms with Gasteiger partial charge in [0.15, 0.2) is 5.96 Å². The van der Waals surface area contributed by atoms with E-state index in [4.69, 9.17) is 0 Å². The highest BCUT2D eigenvalue weighted by atomic mass is 15.3. The van der Waals surface area contributed by atoms with Crippen molar-refractivity contribution in [2.24, 2.45) is 10.9 Å². The summed E-state index contributed by atoms with van der Waals surface area (Å²) in [5.41, 5.74) is 1.33. The van der Waals surface area contributed by atoms with E-state index in [0.717, 1.165) is 45.0 Å². The van der Waals surface area contributed by atoms with Crippen LogP contribution in [0.3, 0.4) is 0 Å². The van der Waals surface area contributed by atoms with Crippen LogP contribution >= 0.6 is 0 Å². The minimum atomic E-state index is 0.675. The number of guanidine groups is 1. The lowest BCUT2D eigenvalue weighted by Crippen LogP contribution is -2.41. The van der Waals surface area contributed by atoms with E-state index >= 15 is 0 Å². The lowest BCUT2D eigenvalue weighted by Gasteiger charge is -2.23. The number of allylic oxidation sites excluding steroid dienone is 1. The van der Waals surface area contributed by atoms with Crippen LogP contribution in [-0.4, -0.2) is 51.1 Å². The smallest absolute Gasteiger partial charge is 0.193 e. The van der Waals surface area contributed by atoms with Crippen LogP contribution in [0.5, 0.6) is 0 Å². The van der Waals surface area contributed by atoms with Gasteiger partial charge in [0.1, 0.15) is 0 Å². The molecule has 1 heterocycles. The average molecular weight is 314 g/mol. The third-order valence-electron chi connectivity index (χ3n) is 4.43. The van der Waals surface area contributed by atoms with Crippen molar-refractivity contribution in [2.45, 2.75) is 19.3 Å². The van der Waals surface area contributed by atoms with Gasteiger partial charge in [-0.1, -0.05) is 24.3 Å². The molecule has 2 rings (SSSR count). The van der Waals surface area contributed by atoms with Crippen molar-refractivity contribution in [3.05, 3.63) is 43.0 Å². The van der Waals surface area contributed by atoms with Crippen LogP contribution in [0.1, 0.15) is 19.3 Å². The van der Waals surface area contributed by atoms with Gasteiger partial charge < -0.3 is 15.1 Å². The molecule has 1 saturated heterocycles. The second kappa shape index (κ2) is 9.23. The van der Waals surface area contributed by atoms with E-state index in [2.05, 4.69) is 64.1 Å². The molecular weight excluding hydrogens is 284 g/mol. The summed E-state index contributed by atoms with van der Waals surface area (Å²) in [4.78, 5) is 9.07. The summed E-state index contributed by atoms with van der Waals surface area (Å²) in [7, 11) is 3.96. The number of rotatable bonds is 7. The number of unbranched alkanes of at least 4 members (excludes halogenated alkanes) is 1. The van der Waals surface area contributed by atoms with E-state index < -0.39 is 0 Å². The van der Waals surface area contributed by atoms with Gasteiger partial charge in [-0.15, -0.1) is 6.58 Å². The van der Waals surface area contributed by atoms with Crippen LogP contribution in [0.15, 0.2) is 48.0 Å². The summed E-state index contributed by atoms with van der Waals surface area (Å²) in [6.07, 6.45) is 5.38.